The number of hydrogen-bond donors (Lipinski definition) is 3. The molecule has 158 valence electrons. The molecule has 10 heteroatoms. The summed E-state index contributed by atoms with van der Waals surface area (Å²) in [4.78, 5) is 25.1. The topological polar surface area (TPSA) is 96.2 Å². The summed E-state index contributed by atoms with van der Waals surface area (Å²) in [5.41, 5.74) is 0.819. The van der Waals surface area contributed by atoms with E-state index in [4.69, 9.17) is 11.6 Å². The zero-order chi connectivity index (χ0) is 22.1. The van der Waals surface area contributed by atoms with E-state index in [1.165, 1.54) is 34.3 Å². The van der Waals surface area contributed by atoms with E-state index >= 15 is 0 Å². The molecule has 0 spiro atoms. The van der Waals surface area contributed by atoms with Gasteiger partial charge in [0.05, 0.1) is 27.3 Å². The zero-order valence-corrected chi connectivity index (χ0v) is 17.7. The number of thiophene rings is 1. The van der Waals surface area contributed by atoms with E-state index in [9.17, 15) is 19.1 Å². The van der Waals surface area contributed by atoms with Crippen LogP contribution in [0.2, 0.25) is 4.34 Å². The number of halogens is 2. The van der Waals surface area contributed by atoms with Crippen molar-refractivity contribution in [3.8, 4) is 5.69 Å². The molecule has 7 nitrogen and oxygen atoms in total. The number of carbonyl (C=O) groups is 1. The molecule has 2 aromatic carbocycles. The van der Waals surface area contributed by atoms with Crippen LogP contribution in [0.5, 0.6) is 0 Å². The van der Waals surface area contributed by atoms with Crippen molar-refractivity contribution in [2.45, 2.75) is 6.04 Å². The van der Waals surface area contributed by atoms with Crippen molar-refractivity contribution in [3.63, 3.8) is 0 Å². The van der Waals surface area contributed by atoms with Crippen molar-refractivity contribution in [2.75, 3.05) is 17.7 Å². The molecular weight excluding hydrogens is 443 g/mol. The van der Waals surface area contributed by atoms with E-state index in [2.05, 4.69) is 15.7 Å². The highest BCUT2D eigenvalue weighted by Gasteiger charge is 2.21. The van der Waals surface area contributed by atoms with Crippen molar-refractivity contribution >= 4 is 51.1 Å². The average molecular weight is 459 g/mol. The van der Waals surface area contributed by atoms with E-state index in [1.807, 2.05) is 0 Å². The number of nitrogens with zero attached hydrogens (tertiary/aromatic N) is 2. The van der Waals surface area contributed by atoms with Crippen LogP contribution < -0.4 is 16.2 Å². The molecule has 2 aromatic heterocycles. The third kappa shape index (κ3) is 4.10. The SMILES string of the molecule is CNc1cc2cnn(-c3ccc(NC(C(=O)O)c4ccc(Cl)s4)cc3)c(=O)c2cc1F. The maximum atomic E-state index is 14.1. The van der Waals surface area contributed by atoms with Gasteiger partial charge in [-0.05, 0) is 48.5 Å². The maximum Gasteiger partial charge on any atom is 0.331 e. The third-order valence-electron chi connectivity index (χ3n) is 4.69. The summed E-state index contributed by atoms with van der Waals surface area (Å²) in [5.74, 6) is -1.57. The van der Waals surface area contributed by atoms with Crippen LogP contribution in [-0.2, 0) is 4.79 Å². The van der Waals surface area contributed by atoms with Gasteiger partial charge >= 0.3 is 5.97 Å². The smallest absolute Gasteiger partial charge is 0.331 e. The molecule has 4 rings (SSSR count). The van der Waals surface area contributed by atoms with Crippen LogP contribution in [0.15, 0.2) is 59.5 Å². The predicted molar refractivity (Wildman–Crippen MR) is 120 cm³/mol. The minimum atomic E-state index is -1.04. The molecule has 0 bridgehead atoms. The molecule has 0 aliphatic heterocycles. The first-order chi connectivity index (χ1) is 14.9. The van der Waals surface area contributed by atoms with Crippen LogP contribution in [0, 0.1) is 5.82 Å². The first-order valence-corrected chi connectivity index (χ1v) is 10.3. The Morgan fingerprint density at radius 2 is 1.97 bits per heavy atom. The Morgan fingerprint density at radius 1 is 1.23 bits per heavy atom. The van der Waals surface area contributed by atoms with Crippen LogP contribution in [0.4, 0.5) is 15.8 Å². The molecule has 0 radical (unpaired) electrons. The quantitative estimate of drug-likeness (QED) is 0.393. The molecule has 0 fully saturated rings. The largest absolute Gasteiger partial charge is 0.479 e. The normalized spacial score (nSPS) is 12.0. The fraction of sp³-hybridized carbons (Fsp3) is 0.0952. The van der Waals surface area contributed by atoms with Gasteiger partial charge in [-0.1, -0.05) is 11.6 Å². The van der Waals surface area contributed by atoms with E-state index in [1.54, 1.807) is 43.4 Å². The lowest BCUT2D eigenvalue weighted by molar-refractivity contribution is -0.138. The van der Waals surface area contributed by atoms with Gasteiger partial charge in [0.25, 0.3) is 5.56 Å². The van der Waals surface area contributed by atoms with Gasteiger partial charge < -0.3 is 15.7 Å². The third-order valence-corrected chi connectivity index (χ3v) is 5.99. The molecule has 0 amide bonds. The lowest BCUT2D eigenvalue weighted by atomic mass is 10.1. The molecule has 0 saturated carbocycles. The molecule has 4 aromatic rings. The van der Waals surface area contributed by atoms with Crippen LogP contribution in [0.1, 0.15) is 10.9 Å². The van der Waals surface area contributed by atoms with Crippen LogP contribution in [-0.4, -0.2) is 27.9 Å². The molecular formula is C21H16ClFN4O3S. The fourth-order valence-electron chi connectivity index (χ4n) is 3.15. The van der Waals surface area contributed by atoms with Crippen LogP contribution in [0.3, 0.4) is 0 Å². The Kier molecular flexibility index (Phi) is 5.62. The first-order valence-electron chi connectivity index (χ1n) is 9.11. The van der Waals surface area contributed by atoms with Gasteiger partial charge in [0.15, 0.2) is 6.04 Å². The highest BCUT2D eigenvalue weighted by molar-refractivity contribution is 7.16. The van der Waals surface area contributed by atoms with Gasteiger partial charge in [-0.25, -0.2) is 9.18 Å². The first kappa shape index (κ1) is 20.8. The van der Waals surface area contributed by atoms with E-state index < -0.39 is 23.4 Å². The number of fused-ring (bicyclic) bond motifs is 1. The van der Waals surface area contributed by atoms with E-state index in [-0.39, 0.29) is 11.1 Å². The summed E-state index contributed by atoms with van der Waals surface area (Å²) in [7, 11) is 1.59. The fourth-order valence-corrected chi connectivity index (χ4v) is 4.25. The summed E-state index contributed by atoms with van der Waals surface area (Å²) >= 11 is 7.10. The Hall–Kier alpha value is -3.43. The van der Waals surface area contributed by atoms with Gasteiger partial charge in [-0.15, -0.1) is 11.3 Å². The summed E-state index contributed by atoms with van der Waals surface area (Å²) < 4.78 is 15.8. The number of aromatic nitrogens is 2. The maximum absolute atomic E-state index is 14.1. The minimum absolute atomic E-state index is 0.203. The van der Waals surface area contributed by atoms with E-state index in [0.29, 0.717) is 26.0 Å². The van der Waals surface area contributed by atoms with E-state index in [0.717, 1.165) is 0 Å². The summed E-state index contributed by atoms with van der Waals surface area (Å²) in [6.07, 6.45) is 1.49. The second-order valence-corrected chi connectivity index (χ2v) is 8.38. The number of benzene rings is 2. The number of nitrogens with one attached hydrogen (secondary N) is 2. The van der Waals surface area contributed by atoms with Crippen LogP contribution in [0.25, 0.3) is 16.5 Å². The molecule has 0 aliphatic carbocycles. The Labute approximate surface area is 184 Å². The van der Waals surface area contributed by atoms with Crippen molar-refractivity contribution in [2.24, 2.45) is 0 Å². The van der Waals surface area contributed by atoms with Gasteiger partial charge in [0.2, 0.25) is 0 Å². The number of hydrogen-bond acceptors (Lipinski definition) is 6. The summed E-state index contributed by atoms with van der Waals surface area (Å²) in [6.45, 7) is 0. The number of anilines is 2. The van der Waals surface area contributed by atoms with Crippen molar-refractivity contribution in [3.05, 3.63) is 80.1 Å². The van der Waals surface area contributed by atoms with Crippen molar-refractivity contribution < 1.29 is 14.3 Å². The molecule has 1 atom stereocenters. The molecule has 1 unspecified atom stereocenters. The number of carboxylic acids is 1. The van der Waals surface area contributed by atoms with Gasteiger partial charge in [0, 0.05) is 23.0 Å². The summed E-state index contributed by atoms with van der Waals surface area (Å²) in [5, 5.41) is 20.1. The van der Waals surface area contributed by atoms with Crippen molar-refractivity contribution in [1.29, 1.82) is 0 Å². The number of carboxylic acid groups (broad SMARTS) is 1. The van der Waals surface area contributed by atoms with Crippen molar-refractivity contribution in [1.82, 2.24) is 9.78 Å². The van der Waals surface area contributed by atoms with Gasteiger partial charge in [-0.2, -0.15) is 9.78 Å². The lowest BCUT2D eigenvalue weighted by Gasteiger charge is -2.15. The van der Waals surface area contributed by atoms with Crippen LogP contribution >= 0.6 is 22.9 Å². The zero-order valence-electron chi connectivity index (χ0n) is 16.1. The second kappa shape index (κ2) is 8.37. The molecule has 0 aliphatic rings. The summed E-state index contributed by atoms with van der Waals surface area (Å²) in [6, 6.07) is 11.6. The Balaban J connectivity index is 1.65. The molecule has 0 saturated heterocycles. The Bertz CT molecular complexity index is 1340. The molecule has 2 heterocycles. The molecule has 3 N–H and O–H groups in total. The Morgan fingerprint density at radius 3 is 2.58 bits per heavy atom. The number of aliphatic carboxylic acids is 1. The van der Waals surface area contributed by atoms with Gasteiger partial charge in [-0.3, -0.25) is 4.79 Å². The average Bonchev–Trinajstić information content (AvgIpc) is 3.18. The highest BCUT2D eigenvalue weighted by Crippen LogP contribution is 2.30. The molecule has 31 heavy (non-hydrogen) atoms. The lowest BCUT2D eigenvalue weighted by Crippen LogP contribution is -2.21. The highest BCUT2D eigenvalue weighted by atomic mass is 35.5. The number of rotatable bonds is 6. The minimum Gasteiger partial charge on any atom is -0.479 e. The van der Waals surface area contributed by atoms with Gasteiger partial charge in [0.1, 0.15) is 5.82 Å². The predicted octanol–water partition coefficient (Wildman–Crippen LogP) is 4.52. The standard InChI is InChI=1S/C21H16ClFN4O3S/c1-24-16-8-11-10-25-27(20(28)14(11)9-15(16)23)13-4-2-12(3-5-13)26-19(21(29)30)17-6-7-18(22)31-17/h2-10,19,24,26H,1H3,(H,29,30). The second-order valence-electron chi connectivity index (χ2n) is 6.64. The monoisotopic (exact) mass is 458 g/mol.